The van der Waals surface area contributed by atoms with Crippen LogP contribution in [0, 0.1) is 0 Å². The van der Waals surface area contributed by atoms with Crippen LogP contribution in [0.2, 0.25) is 0 Å². The number of aromatic hydroxyl groups is 1. The van der Waals surface area contributed by atoms with Crippen LogP contribution in [-0.4, -0.2) is 5.11 Å². The van der Waals surface area contributed by atoms with Crippen LogP contribution in [-0.2, 0) is 19.8 Å². The maximum atomic E-state index is 9.43. The zero-order valence-corrected chi connectivity index (χ0v) is 17.1. The van der Waals surface area contributed by atoms with Gasteiger partial charge in [-0.3, -0.25) is 0 Å². The van der Waals surface area contributed by atoms with Crippen molar-refractivity contribution in [2.75, 3.05) is 0 Å². The van der Waals surface area contributed by atoms with E-state index in [1.54, 1.807) is 24.3 Å². The van der Waals surface area contributed by atoms with Crippen molar-refractivity contribution in [1.82, 2.24) is 0 Å². The highest BCUT2D eigenvalue weighted by molar-refractivity contribution is 5.39. The van der Waals surface area contributed by atoms with Crippen LogP contribution in [0.5, 0.6) is 23.0 Å². The van der Waals surface area contributed by atoms with Crippen LogP contribution in [0.1, 0.15) is 16.7 Å². The van der Waals surface area contributed by atoms with Crippen molar-refractivity contribution < 1.29 is 19.3 Å². The molecule has 0 aromatic heterocycles. The predicted octanol–water partition coefficient (Wildman–Crippen LogP) is 6.13. The Morgan fingerprint density at radius 3 is 1.42 bits per heavy atom. The standard InChI is InChI=1S/C27H24O4/c28-24-11-13-25(14-12-24)29-20-23-15-26(30-18-21-7-3-1-4-8-21)17-27(16-23)31-19-22-9-5-2-6-10-22/h1-17,28H,18-20H2. The molecule has 31 heavy (non-hydrogen) atoms. The lowest BCUT2D eigenvalue weighted by Gasteiger charge is -2.13. The first-order chi connectivity index (χ1) is 15.2. The van der Waals surface area contributed by atoms with Crippen LogP contribution < -0.4 is 14.2 Å². The normalized spacial score (nSPS) is 10.5. The summed E-state index contributed by atoms with van der Waals surface area (Å²) < 4.78 is 17.9. The number of hydrogen-bond acceptors (Lipinski definition) is 4. The number of rotatable bonds is 9. The molecule has 4 heteroatoms. The highest BCUT2D eigenvalue weighted by Gasteiger charge is 2.06. The molecule has 0 spiro atoms. The van der Waals surface area contributed by atoms with E-state index in [2.05, 4.69) is 0 Å². The molecule has 0 saturated heterocycles. The summed E-state index contributed by atoms with van der Waals surface area (Å²) >= 11 is 0. The Balaban J connectivity index is 1.48. The lowest BCUT2D eigenvalue weighted by atomic mass is 10.2. The largest absolute Gasteiger partial charge is 0.508 e. The van der Waals surface area contributed by atoms with Crippen molar-refractivity contribution >= 4 is 0 Å². The van der Waals surface area contributed by atoms with E-state index in [-0.39, 0.29) is 5.75 Å². The fourth-order valence-electron chi connectivity index (χ4n) is 3.07. The Morgan fingerprint density at radius 2 is 0.903 bits per heavy atom. The summed E-state index contributed by atoms with van der Waals surface area (Å²) in [5, 5.41) is 9.43. The Labute approximate surface area is 182 Å². The van der Waals surface area contributed by atoms with Crippen LogP contribution in [0.3, 0.4) is 0 Å². The first-order valence-electron chi connectivity index (χ1n) is 10.1. The van der Waals surface area contributed by atoms with Crippen molar-refractivity contribution in [2.24, 2.45) is 0 Å². The van der Waals surface area contributed by atoms with E-state index in [0.717, 1.165) is 28.2 Å². The number of ether oxygens (including phenoxy) is 3. The van der Waals surface area contributed by atoms with Crippen molar-refractivity contribution in [3.8, 4) is 23.0 Å². The van der Waals surface area contributed by atoms with Gasteiger partial charge in [0.15, 0.2) is 0 Å². The summed E-state index contributed by atoms with van der Waals surface area (Å²) in [5.41, 5.74) is 3.13. The molecule has 0 aliphatic carbocycles. The lowest BCUT2D eigenvalue weighted by molar-refractivity contribution is 0.281. The van der Waals surface area contributed by atoms with Gasteiger partial charge in [-0.05, 0) is 53.1 Å². The van der Waals surface area contributed by atoms with Crippen LogP contribution >= 0.6 is 0 Å². The predicted molar refractivity (Wildman–Crippen MR) is 120 cm³/mol. The maximum absolute atomic E-state index is 9.43. The molecule has 0 unspecified atom stereocenters. The van der Waals surface area contributed by atoms with E-state index < -0.39 is 0 Å². The fraction of sp³-hybridized carbons (Fsp3) is 0.111. The van der Waals surface area contributed by atoms with E-state index in [0.29, 0.717) is 25.6 Å². The van der Waals surface area contributed by atoms with Gasteiger partial charge < -0.3 is 19.3 Å². The Morgan fingerprint density at radius 1 is 0.452 bits per heavy atom. The molecule has 4 rings (SSSR count). The highest BCUT2D eigenvalue weighted by atomic mass is 16.5. The lowest BCUT2D eigenvalue weighted by Crippen LogP contribution is -2.01. The van der Waals surface area contributed by atoms with Crippen LogP contribution in [0.15, 0.2) is 103 Å². The van der Waals surface area contributed by atoms with Gasteiger partial charge in [0.2, 0.25) is 0 Å². The second kappa shape index (κ2) is 10.2. The average molecular weight is 412 g/mol. The van der Waals surface area contributed by atoms with Crippen molar-refractivity contribution in [3.05, 3.63) is 120 Å². The van der Waals surface area contributed by atoms with E-state index >= 15 is 0 Å². The third-order valence-corrected chi connectivity index (χ3v) is 4.68. The summed E-state index contributed by atoms with van der Waals surface area (Å²) in [4.78, 5) is 0. The number of phenols is 1. The summed E-state index contributed by atoms with van der Waals surface area (Å²) in [6.07, 6.45) is 0. The smallest absolute Gasteiger partial charge is 0.123 e. The Kier molecular flexibility index (Phi) is 6.71. The summed E-state index contributed by atoms with van der Waals surface area (Å²) in [6, 6.07) is 32.6. The molecule has 0 heterocycles. The molecule has 4 aromatic carbocycles. The van der Waals surface area contributed by atoms with Gasteiger partial charge in [0.25, 0.3) is 0 Å². The van der Waals surface area contributed by atoms with Gasteiger partial charge in [-0.2, -0.15) is 0 Å². The molecule has 0 amide bonds. The molecule has 4 nitrogen and oxygen atoms in total. The van der Waals surface area contributed by atoms with Gasteiger partial charge >= 0.3 is 0 Å². The zero-order valence-electron chi connectivity index (χ0n) is 17.1. The first-order valence-corrected chi connectivity index (χ1v) is 10.1. The number of hydrogen-bond donors (Lipinski definition) is 1. The molecular weight excluding hydrogens is 388 g/mol. The van der Waals surface area contributed by atoms with Gasteiger partial charge in [0.05, 0.1) is 0 Å². The first kappa shape index (κ1) is 20.4. The van der Waals surface area contributed by atoms with Gasteiger partial charge in [-0.15, -0.1) is 0 Å². The molecule has 0 atom stereocenters. The van der Waals surface area contributed by atoms with E-state index in [9.17, 15) is 5.11 Å². The van der Waals surface area contributed by atoms with Crippen LogP contribution in [0.25, 0.3) is 0 Å². The van der Waals surface area contributed by atoms with Gasteiger partial charge in [0, 0.05) is 6.07 Å². The molecule has 0 saturated carbocycles. The van der Waals surface area contributed by atoms with Gasteiger partial charge in [0.1, 0.15) is 42.8 Å². The third kappa shape index (κ3) is 6.28. The van der Waals surface area contributed by atoms with Gasteiger partial charge in [-0.1, -0.05) is 60.7 Å². The van der Waals surface area contributed by atoms with E-state index in [1.165, 1.54) is 0 Å². The zero-order chi connectivity index (χ0) is 21.3. The molecule has 1 N–H and O–H groups in total. The van der Waals surface area contributed by atoms with Crippen molar-refractivity contribution in [1.29, 1.82) is 0 Å². The van der Waals surface area contributed by atoms with Crippen LogP contribution in [0.4, 0.5) is 0 Å². The molecule has 0 radical (unpaired) electrons. The molecule has 0 bridgehead atoms. The molecule has 0 fully saturated rings. The minimum atomic E-state index is 0.209. The Hall–Kier alpha value is -3.92. The third-order valence-electron chi connectivity index (χ3n) is 4.68. The summed E-state index contributed by atoms with van der Waals surface area (Å²) in [5.74, 6) is 2.33. The Bertz CT molecular complexity index is 1020. The maximum Gasteiger partial charge on any atom is 0.123 e. The summed E-state index contributed by atoms with van der Waals surface area (Å²) in [7, 11) is 0. The monoisotopic (exact) mass is 412 g/mol. The summed E-state index contributed by atoms with van der Waals surface area (Å²) in [6.45, 7) is 1.30. The molecule has 4 aromatic rings. The molecule has 156 valence electrons. The highest BCUT2D eigenvalue weighted by Crippen LogP contribution is 2.26. The topological polar surface area (TPSA) is 47.9 Å². The SMILES string of the molecule is Oc1ccc(OCc2cc(OCc3ccccc3)cc(OCc3ccccc3)c2)cc1. The average Bonchev–Trinajstić information content (AvgIpc) is 2.82. The molecular formula is C27H24O4. The number of benzene rings is 4. The molecule has 0 aliphatic rings. The van der Waals surface area contributed by atoms with E-state index in [1.807, 2.05) is 78.9 Å². The second-order valence-electron chi connectivity index (χ2n) is 7.14. The fourth-order valence-corrected chi connectivity index (χ4v) is 3.07. The minimum Gasteiger partial charge on any atom is -0.508 e. The quantitative estimate of drug-likeness (QED) is 0.359. The number of phenolic OH excluding ortho intramolecular Hbond substituents is 1. The minimum absolute atomic E-state index is 0.209. The van der Waals surface area contributed by atoms with Crippen molar-refractivity contribution in [3.63, 3.8) is 0 Å². The van der Waals surface area contributed by atoms with Gasteiger partial charge in [-0.25, -0.2) is 0 Å². The molecule has 0 aliphatic heterocycles. The second-order valence-corrected chi connectivity index (χ2v) is 7.14. The van der Waals surface area contributed by atoms with Crippen molar-refractivity contribution in [2.45, 2.75) is 19.8 Å². The van der Waals surface area contributed by atoms with E-state index in [4.69, 9.17) is 14.2 Å².